The minimum absolute atomic E-state index is 0.0524. The molecule has 174 valence electrons. The van der Waals surface area contributed by atoms with Crippen LogP contribution in [0.1, 0.15) is 18.4 Å². The molecule has 0 bridgehead atoms. The third kappa shape index (κ3) is 6.33. The quantitative estimate of drug-likeness (QED) is 0.641. The molecule has 0 radical (unpaired) electrons. The number of nitrogens with zero attached hydrogens (tertiary/aromatic N) is 2. The van der Waals surface area contributed by atoms with Gasteiger partial charge >= 0.3 is 6.18 Å². The van der Waals surface area contributed by atoms with Gasteiger partial charge in [0.05, 0.1) is 4.90 Å². The Labute approximate surface area is 188 Å². The zero-order chi connectivity index (χ0) is 23.4. The summed E-state index contributed by atoms with van der Waals surface area (Å²) in [4.78, 5) is 16.4. The van der Waals surface area contributed by atoms with E-state index >= 15 is 0 Å². The van der Waals surface area contributed by atoms with Gasteiger partial charge in [-0.05, 0) is 43.2 Å². The van der Waals surface area contributed by atoms with Gasteiger partial charge in [0.25, 0.3) is 0 Å². The lowest BCUT2D eigenvalue weighted by Gasteiger charge is -2.30. The molecular formula is C20H21ClF3N3O4S. The normalized spacial score (nSPS) is 16.0. The Morgan fingerprint density at radius 3 is 2.47 bits per heavy atom. The van der Waals surface area contributed by atoms with Crippen LogP contribution in [0.5, 0.6) is 5.88 Å². The molecular weight excluding hydrogens is 471 g/mol. The van der Waals surface area contributed by atoms with Crippen molar-refractivity contribution in [2.75, 3.05) is 19.7 Å². The number of ether oxygens (including phenoxy) is 1. The molecule has 0 aliphatic carbocycles. The molecule has 1 fully saturated rings. The summed E-state index contributed by atoms with van der Waals surface area (Å²) in [5.41, 5.74) is 0.313. The Bertz CT molecular complexity index is 1040. The highest BCUT2D eigenvalue weighted by Crippen LogP contribution is 2.25. The first-order valence-corrected chi connectivity index (χ1v) is 11.5. The van der Waals surface area contributed by atoms with E-state index in [4.69, 9.17) is 16.3 Å². The predicted molar refractivity (Wildman–Crippen MR) is 111 cm³/mol. The SMILES string of the molecule is O=C(NCc1cccnc1OCC(F)(F)F)C1CCN(S(=O)(=O)c2ccc(Cl)cc2)CC1. The lowest BCUT2D eigenvalue weighted by Crippen LogP contribution is -2.42. The Kier molecular flexibility index (Phi) is 7.63. The van der Waals surface area contributed by atoms with Gasteiger partial charge in [-0.25, -0.2) is 13.4 Å². The number of piperidine rings is 1. The molecule has 1 aliphatic rings. The Morgan fingerprint density at radius 2 is 1.84 bits per heavy atom. The van der Waals surface area contributed by atoms with E-state index in [1.807, 2.05) is 0 Å². The molecule has 1 aromatic carbocycles. The van der Waals surface area contributed by atoms with Gasteiger partial charge in [0, 0.05) is 42.3 Å². The number of alkyl halides is 3. The van der Waals surface area contributed by atoms with E-state index in [9.17, 15) is 26.4 Å². The van der Waals surface area contributed by atoms with E-state index in [0.29, 0.717) is 23.4 Å². The molecule has 1 N–H and O–H groups in total. The number of amides is 1. The molecule has 1 amide bonds. The minimum atomic E-state index is -4.50. The third-order valence-electron chi connectivity index (χ3n) is 4.95. The fourth-order valence-electron chi connectivity index (χ4n) is 3.28. The number of sulfonamides is 1. The summed E-state index contributed by atoms with van der Waals surface area (Å²) in [5.74, 6) is -0.920. The van der Waals surface area contributed by atoms with Gasteiger partial charge in [-0.2, -0.15) is 17.5 Å². The molecule has 12 heteroatoms. The molecule has 1 aromatic heterocycles. The highest BCUT2D eigenvalue weighted by atomic mass is 35.5. The van der Waals surface area contributed by atoms with Crippen molar-refractivity contribution in [3.63, 3.8) is 0 Å². The number of pyridine rings is 1. The van der Waals surface area contributed by atoms with Crippen molar-refractivity contribution in [3.8, 4) is 5.88 Å². The van der Waals surface area contributed by atoms with Crippen molar-refractivity contribution in [2.45, 2.75) is 30.5 Å². The molecule has 2 heterocycles. The van der Waals surface area contributed by atoms with Gasteiger partial charge in [0.15, 0.2) is 6.61 Å². The van der Waals surface area contributed by atoms with Crippen LogP contribution in [0.25, 0.3) is 0 Å². The van der Waals surface area contributed by atoms with Crippen molar-refractivity contribution in [1.29, 1.82) is 0 Å². The number of nitrogens with one attached hydrogen (secondary N) is 1. The van der Waals surface area contributed by atoms with Crippen LogP contribution in [0.15, 0.2) is 47.5 Å². The average molecular weight is 492 g/mol. The number of halogens is 4. The third-order valence-corrected chi connectivity index (χ3v) is 7.12. The summed E-state index contributed by atoms with van der Waals surface area (Å²) in [5, 5.41) is 3.11. The second-order valence-corrected chi connectivity index (χ2v) is 9.60. The minimum Gasteiger partial charge on any atom is -0.468 e. The Morgan fingerprint density at radius 1 is 1.19 bits per heavy atom. The Balaban J connectivity index is 1.54. The first-order valence-electron chi connectivity index (χ1n) is 9.73. The molecule has 0 unspecified atom stereocenters. The molecule has 0 spiro atoms. The molecule has 32 heavy (non-hydrogen) atoms. The average Bonchev–Trinajstić information content (AvgIpc) is 2.76. The smallest absolute Gasteiger partial charge is 0.422 e. The number of carbonyl (C=O) groups excluding carboxylic acids is 1. The second-order valence-electron chi connectivity index (χ2n) is 7.22. The molecule has 2 aromatic rings. The lowest BCUT2D eigenvalue weighted by atomic mass is 9.97. The van der Waals surface area contributed by atoms with Crippen LogP contribution < -0.4 is 10.1 Å². The van der Waals surface area contributed by atoms with Crippen molar-refractivity contribution in [2.24, 2.45) is 5.92 Å². The first-order chi connectivity index (χ1) is 15.1. The number of hydrogen-bond donors (Lipinski definition) is 1. The van der Waals surface area contributed by atoms with Crippen molar-refractivity contribution < 1.29 is 31.1 Å². The molecule has 0 saturated carbocycles. The molecule has 1 aliphatic heterocycles. The summed E-state index contributed by atoms with van der Waals surface area (Å²) >= 11 is 5.81. The number of carbonyl (C=O) groups is 1. The summed E-state index contributed by atoms with van der Waals surface area (Å²) in [7, 11) is -3.68. The van der Waals surface area contributed by atoms with Crippen LogP contribution in [0, 0.1) is 5.92 Å². The van der Waals surface area contributed by atoms with Gasteiger partial charge in [0.1, 0.15) is 0 Å². The van der Waals surface area contributed by atoms with E-state index in [1.165, 1.54) is 46.9 Å². The van der Waals surface area contributed by atoms with E-state index < -0.39 is 28.7 Å². The number of rotatable bonds is 7. The van der Waals surface area contributed by atoms with Crippen LogP contribution in [0.3, 0.4) is 0 Å². The Hall–Kier alpha value is -2.37. The standard InChI is InChI=1S/C20H21ClF3N3O4S/c21-16-3-5-17(6-4-16)32(29,30)27-10-7-14(8-11-27)18(28)26-12-15-2-1-9-25-19(15)31-13-20(22,23)24/h1-6,9,14H,7-8,10-13H2,(H,26,28). The van der Waals surface area contributed by atoms with E-state index in [-0.39, 0.29) is 36.3 Å². The number of hydrogen-bond acceptors (Lipinski definition) is 5. The van der Waals surface area contributed by atoms with Crippen molar-refractivity contribution >= 4 is 27.5 Å². The summed E-state index contributed by atoms with van der Waals surface area (Å²) < 4.78 is 68.7. The van der Waals surface area contributed by atoms with E-state index in [2.05, 4.69) is 10.3 Å². The van der Waals surface area contributed by atoms with Crippen LogP contribution >= 0.6 is 11.6 Å². The van der Waals surface area contributed by atoms with Gasteiger partial charge in [-0.1, -0.05) is 17.7 Å². The van der Waals surface area contributed by atoms with Crippen LogP contribution in [-0.4, -0.2) is 49.5 Å². The predicted octanol–water partition coefficient (Wildman–Crippen LogP) is 3.39. The number of benzene rings is 1. The van der Waals surface area contributed by atoms with E-state index in [1.54, 1.807) is 0 Å². The lowest BCUT2D eigenvalue weighted by molar-refractivity contribution is -0.154. The van der Waals surface area contributed by atoms with Crippen molar-refractivity contribution in [1.82, 2.24) is 14.6 Å². The summed E-state index contributed by atoms with van der Waals surface area (Å²) in [6.07, 6.45) is -2.56. The van der Waals surface area contributed by atoms with Crippen LogP contribution in [0.4, 0.5) is 13.2 Å². The molecule has 7 nitrogen and oxygen atoms in total. The summed E-state index contributed by atoms with van der Waals surface area (Å²) in [6, 6.07) is 8.91. The first kappa shape index (κ1) is 24.3. The maximum atomic E-state index is 12.7. The van der Waals surface area contributed by atoms with Crippen molar-refractivity contribution in [3.05, 3.63) is 53.2 Å². The van der Waals surface area contributed by atoms with Crippen LogP contribution in [0.2, 0.25) is 5.02 Å². The van der Waals surface area contributed by atoms with Gasteiger partial charge < -0.3 is 10.1 Å². The molecule has 1 saturated heterocycles. The zero-order valence-corrected chi connectivity index (χ0v) is 18.4. The fourth-order valence-corrected chi connectivity index (χ4v) is 4.88. The maximum Gasteiger partial charge on any atom is 0.422 e. The van der Waals surface area contributed by atoms with Gasteiger partial charge in [0.2, 0.25) is 21.8 Å². The largest absolute Gasteiger partial charge is 0.468 e. The second kappa shape index (κ2) is 10.1. The zero-order valence-electron chi connectivity index (χ0n) is 16.8. The fraction of sp³-hybridized carbons (Fsp3) is 0.400. The number of aromatic nitrogens is 1. The van der Waals surface area contributed by atoms with Gasteiger partial charge in [-0.3, -0.25) is 4.79 Å². The topological polar surface area (TPSA) is 88.6 Å². The maximum absolute atomic E-state index is 12.7. The van der Waals surface area contributed by atoms with E-state index in [0.717, 1.165) is 0 Å². The molecule has 0 atom stereocenters. The highest BCUT2D eigenvalue weighted by Gasteiger charge is 2.32. The highest BCUT2D eigenvalue weighted by molar-refractivity contribution is 7.89. The van der Waals surface area contributed by atoms with Crippen LogP contribution in [-0.2, 0) is 21.4 Å². The van der Waals surface area contributed by atoms with Gasteiger partial charge in [-0.15, -0.1) is 0 Å². The molecule has 3 rings (SSSR count). The monoisotopic (exact) mass is 491 g/mol. The summed E-state index contributed by atoms with van der Waals surface area (Å²) in [6.45, 7) is -1.18.